The van der Waals surface area contributed by atoms with E-state index in [0.29, 0.717) is 30.2 Å². The van der Waals surface area contributed by atoms with Crippen molar-refractivity contribution in [2.24, 2.45) is 5.92 Å². The highest BCUT2D eigenvalue weighted by Crippen LogP contribution is 2.39. The van der Waals surface area contributed by atoms with E-state index in [4.69, 9.17) is 9.47 Å². The van der Waals surface area contributed by atoms with Crippen LogP contribution in [0.5, 0.6) is 0 Å². The molecular formula is C19H29N5O2. The molecule has 142 valence electrons. The third-order valence-electron chi connectivity index (χ3n) is 6.36. The lowest BCUT2D eigenvalue weighted by molar-refractivity contribution is -0.0276. The number of nitrogens with one attached hydrogen (secondary N) is 2. The Hall–Kier alpha value is -1.28. The van der Waals surface area contributed by atoms with E-state index in [9.17, 15) is 0 Å². The third-order valence-corrected chi connectivity index (χ3v) is 6.36. The lowest BCUT2D eigenvalue weighted by atomic mass is 9.79. The normalized spacial score (nSPS) is 39.0. The van der Waals surface area contributed by atoms with Crippen molar-refractivity contribution in [2.45, 2.75) is 76.0 Å². The zero-order chi connectivity index (χ0) is 17.7. The van der Waals surface area contributed by atoms with E-state index in [1.807, 2.05) is 0 Å². The first-order chi connectivity index (χ1) is 12.7. The summed E-state index contributed by atoms with van der Waals surface area (Å²) in [5, 5.41) is 0. The Bertz CT molecular complexity index is 657. The van der Waals surface area contributed by atoms with Crippen LogP contribution in [0.3, 0.4) is 0 Å². The molecule has 4 heterocycles. The Morgan fingerprint density at radius 1 is 1.23 bits per heavy atom. The maximum Gasteiger partial charge on any atom is 0.132 e. The van der Waals surface area contributed by atoms with Crippen molar-refractivity contribution in [3.63, 3.8) is 0 Å². The van der Waals surface area contributed by atoms with Crippen molar-refractivity contribution in [3.05, 3.63) is 18.1 Å². The molecule has 4 fully saturated rings. The van der Waals surface area contributed by atoms with E-state index in [2.05, 4.69) is 45.6 Å². The highest BCUT2D eigenvalue weighted by atomic mass is 16.5. The average molecular weight is 359 g/mol. The number of aromatic nitrogens is 2. The van der Waals surface area contributed by atoms with Crippen LogP contribution in [0.15, 0.2) is 12.4 Å². The summed E-state index contributed by atoms with van der Waals surface area (Å²) in [6.07, 6.45) is 7.22. The molecule has 3 saturated heterocycles. The van der Waals surface area contributed by atoms with E-state index >= 15 is 0 Å². The average Bonchev–Trinajstić information content (AvgIpc) is 3.36. The molecule has 1 saturated carbocycles. The molecule has 2 bridgehead atoms. The second kappa shape index (κ2) is 6.71. The number of morpholine rings is 1. The molecule has 6 atom stereocenters. The minimum Gasteiger partial charge on any atom is -0.376 e. The van der Waals surface area contributed by atoms with E-state index in [0.717, 1.165) is 50.3 Å². The fraction of sp³-hybridized carbons (Fsp3) is 0.789. The van der Waals surface area contributed by atoms with Gasteiger partial charge in [-0.1, -0.05) is 0 Å². The lowest BCUT2D eigenvalue weighted by Crippen LogP contribution is -2.38. The Balaban J connectivity index is 1.34. The second-order valence-electron chi connectivity index (χ2n) is 8.45. The monoisotopic (exact) mass is 359 g/mol. The predicted molar refractivity (Wildman–Crippen MR) is 97.7 cm³/mol. The van der Waals surface area contributed by atoms with Gasteiger partial charge in [0, 0.05) is 24.6 Å². The van der Waals surface area contributed by atoms with Gasteiger partial charge in [-0.2, -0.15) is 0 Å². The number of nitrogens with zero attached hydrogens (tertiary/aromatic N) is 3. The molecule has 0 amide bonds. The minimum absolute atomic E-state index is 0.219. The maximum atomic E-state index is 6.11. The standard InChI is InChI=1S/C19H29N5O2/c1-11(2)26-13-3-4-16-15(6-13)19(23-22-16)17-7-18(21-10-20-17)24-8-14-5-12(24)9-25-14/h7,10-16,19,22-23H,3-6,8-9H2,1-2H3/t12-,13?,14-,15?,16?,19?/m0/s1. The summed E-state index contributed by atoms with van der Waals surface area (Å²) in [6, 6.07) is 3.37. The largest absolute Gasteiger partial charge is 0.376 e. The van der Waals surface area contributed by atoms with Gasteiger partial charge in [0.25, 0.3) is 0 Å². The molecule has 7 nitrogen and oxygen atoms in total. The predicted octanol–water partition coefficient (Wildman–Crippen LogP) is 1.57. The van der Waals surface area contributed by atoms with Crippen molar-refractivity contribution in [1.82, 2.24) is 20.8 Å². The quantitative estimate of drug-likeness (QED) is 0.845. The summed E-state index contributed by atoms with van der Waals surface area (Å²) in [7, 11) is 0. The van der Waals surface area contributed by atoms with Crippen molar-refractivity contribution in [3.8, 4) is 0 Å². The summed E-state index contributed by atoms with van der Waals surface area (Å²) in [5.41, 5.74) is 8.09. The number of ether oxygens (including phenoxy) is 2. The van der Waals surface area contributed by atoms with Gasteiger partial charge in [0.05, 0.1) is 42.7 Å². The van der Waals surface area contributed by atoms with Gasteiger partial charge < -0.3 is 14.4 Å². The fourth-order valence-corrected chi connectivity index (χ4v) is 5.19. The second-order valence-corrected chi connectivity index (χ2v) is 8.45. The van der Waals surface area contributed by atoms with Crippen LogP contribution in [0.1, 0.15) is 51.3 Å². The summed E-state index contributed by atoms with van der Waals surface area (Å²) in [6.45, 7) is 6.03. The van der Waals surface area contributed by atoms with Crippen molar-refractivity contribution in [2.75, 3.05) is 18.1 Å². The van der Waals surface area contributed by atoms with E-state index < -0.39 is 0 Å². The van der Waals surface area contributed by atoms with Gasteiger partial charge >= 0.3 is 0 Å². The van der Waals surface area contributed by atoms with Crippen molar-refractivity contribution < 1.29 is 9.47 Å². The summed E-state index contributed by atoms with van der Waals surface area (Å²) >= 11 is 0. The molecule has 5 rings (SSSR count). The van der Waals surface area contributed by atoms with Crippen LogP contribution in [0, 0.1) is 5.92 Å². The van der Waals surface area contributed by atoms with Gasteiger partial charge in [0.15, 0.2) is 0 Å². The van der Waals surface area contributed by atoms with Gasteiger partial charge in [-0.15, -0.1) is 0 Å². The smallest absolute Gasteiger partial charge is 0.132 e. The van der Waals surface area contributed by atoms with Gasteiger partial charge in [-0.3, -0.25) is 5.43 Å². The number of hydrogen-bond donors (Lipinski definition) is 2. The van der Waals surface area contributed by atoms with Crippen LogP contribution in [0.25, 0.3) is 0 Å². The molecule has 0 radical (unpaired) electrons. The summed E-state index contributed by atoms with van der Waals surface area (Å²) in [4.78, 5) is 11.6. The molecule has 4 aliphatic rings. The summed E-state index contributed by atoms with van der Waals surface area (Å²) < 4.78 is 11.8. The number of fused-ring (bicyclic) bond motifs is 3. The topological polar surface area (TPSA) is 71.5 Å². The van der Waals surface area contributed by atoms with E-state index in [1.165, 1.54) is 0 Å². The van der Waals surface area contributed by atoms with Gasteiger partial charge in [-0.05, 0) is 39.5 Å². The fourth-order valence-electron chi connectivity index (χ4n) is 5.19. The first kappa shape index (κ1) is 16.9. The van der Waals surface area contributed by atoms with Gasteiger partial charge in [0.2, 0.25) is 0 Å². The Labute approximate surface area is 154 Å². The first-order valence-corrected chi connectivity index (χ1v) is 10.0. The van der Waals surface area contributed by atoms with Crippen molar-refractivity contribution >= 4 is 5.82 Å². The minimum atomic E-state index is 0.219. The summed E-state index contributed by atoms with van der Waals surface area (Å²) in [5.74, 6) is 1.55. The van der Waals surface area contributed by atoms with Gasteiger partial charge in [-0.25, -0.2) is 15.4 Å². The SMILES string of the molecule is CC(C)OC1CCC2NNC(c3cc(N4C[C@@H]5C[C@H]4CO5)ncn3)C2C1. The molecular weight excluding hydrogens is 330 g/mol. The molecule has 7 heteroatoms. The molecule has 26 heavy (non-hydrogen) atoms. The van der Waals surface area contributed by atoms with Crippen LogP contribution in [0.4, 0.5) is 5.82 Å². The van der Waals surface area contributed by atoms with E-state index in [-0.39, 0.29) is 12.1 Å². The van der Waals surface area contributed by atoms with Crippen LogP contribution >= 0.6 is 0 Å². The van der Waals surface area contributed by atoms with Crippen LogP contribution in [-0.2, 0) is 9.47 Å². The molecule has 2 N–H and O–H groups in total. The van der Waals surface area contributed by atoms with Gasteiger partial charge in [0.1, 0.15) is 12.1 Å². The van der Waals surface area contributed by atoms with Crippen molar-refractivity contribution in [1.29, 1.82) is 0 Å². The zero-order valence-electron chi connectivity index (χ0n) is 15.6. The third kappa shape index (κ3) is 3.01. The highest BCUT2D eigenvalue weighted by Gasteiger charge is 2.43. The molecule has 0 aromatic carbocycles. The zero-order valence-corrected chi connectivity index (χ0v) is 15.6. The molecule has 1 aromatic heterocycles. The van der Waals surface area contributed by atoms with Crippen LogP contribution in [0.2, 0.25) is 0 Å². The Kier molecular flexibility index (Phi) is 4.35. The molecule has 3 aliphatic heterocycles. The van der Waals surface area contributed by atoms with Crippen LogP contribution in [-0.4, -0.2) is 53.5 Å². The Morgan fingerprint density at radius 2 is 2.15 bits per heavy atom. The highest BCUT2D eigenvalue weighted by molar-refractivity contribution is 5.44. The maximum absolute atomic E-state index is 6.11. The number of hydrazine groups is 1. The Morgan fingerprint density at radius 3 is 2.92 bits per heavy atom. The lowest BCUT2D eigenvalue weighted by Gasteiger charge is -2.34. The first-order valence-electron chi connectivity index (χ1n) is 10.0. The molecule has 1 aliphatic carbocycles. The van der Waals surface area contributed by atoms with Crippen LogP contribution < -0.4 is 15.8 Å². The molecule has 0 spiro atoms. The molecule has 4 unspecified atom stereocenters. The number of rotatable bonds is 4. The van der Waals surface area contributed by atoms with E-state index in [1.54, 1.807) is 6.33 Å². The number of hydrogen-bond acceptors (Lipinski definition) is 7. The molecule has 1 aromatic rings. The number of anilines is 1.